The summed E-state index contributed by atoms with van der Waals surface area (Å²) in [5, 5.41) is 0. The van der Waals surface area contributed by atoms with Crippen LogP contribution in [0.25, 0.3) is 0 Å². The zero-order valence-electron chi connectivity index (χ0n) is 8.44. The molecule has 1 unspecified atom stereocenters. The number of alkyl halides is 3. The molecule has 0 saturated heterocycles. The van der Waals surface area contributed by atoms with E-state index in [0.29, 0.717) is 4.57 Å². The summed E-state index contributed by atoms with van der Waals surface area (Å²) in [5.74, 6) is 0. The molecular weight excluding hydrogens is 223 g/mol. The molecule has 1 atom stereocenters. The molecule has 90 valence electrons. The van der Waals surface area contributed by atoms with Crippen LogP contribution in [0.3, 0.4) is 0 Å². The molecule has 1 fully saturated rings. The maximum atomic E-state index is 12.6. The summed E-state index contributed by atoms with van der Waals surface area (Å²) in [6.07, 6.45) is -0.235. The van der Waals surface area contributed by atoms with E-state index in [-0.39, 0.29) is 6.04 Å². The van der Waals surface area contributed by atoms with Gasteiger partial charge in [-0.05, 0) is 12.8 Å². The largest absolute Gasteiger partial charge is 0.410 e. The number of aromatic nitrogens is 2. The monoisotopic (exact) mass is 235 g/mol. The Bertz CT molecular complexity index is 430. The van der Waals surface area contributed by atoms with Gasteiger partial charge in [0.05, 0.1) is 0 Å². The first-order chi connectivity index (χ1) is 7.45. The number of imidazole rings is 1. The fraction of sp³-hybridized carbons (Fsp3) is 0.667. The molecule has 1 aromatic heterocycles. The Kier molecular flexibility index (Phi) is 2.57. The molecule has 2 N–H and O–H groups in total. The quantitative estimate of drug-likeness (QED) is 0.851. The van der Waals surface area contributed by atoms with E-state index in [0.717, 1.165) is 19.0 Å². The lowest BCUT2D eigenvalue weighted by molar-refractivity contribution is -0.165. The molecule has 4 nitrogen and oxygen atoms in total. The Balaban J connectivity index is 2.35. The Morgan fingerprint density at radius 2 is 2.06 bits per heavy atom. The predicted octanol–water partition coefficient (Wildman–Crippen LogP) is 1.05. The Hall–Kier alpha value is -1.24. The fourth-order valence-corrected chi connectivity index (χ4v) is 1.68. The van der Waals surface area contributed by atoms with E-state index in [1.54, 1.807) is 0 Å². The third-order valence-electron chi connectivity index (χ3n) is 2.71. The van der Waals surface area contributed by atoms with Gasteiger partial charge < -0.3 is 5.73 Å². The normalized spacial score (nSPS) is 18.8. The first-order valence-electron chi connectivity index (χ1n) is 5.01. The number of nitrogens with two attached hydrogens (primary N) is 1. The van der Waals surface area contributed by atoms with Gasteiger partial charge in [-0.15, -0.1) is 0 Å². The summed E-state index contributed by atoms with van der Waals surface area (Å²) in [7, 11) is 0. The van der Waals surface area contributed by atoms with Crippen LogP contribution in [0.2, 0.25) is 0 Å². The van der Waals surface area contributed by atoms with Crippen molar-refractivity contribution in [3.8, 4) is 0 Å². The number of rotatable bonds is 3. The molecular formula is C9H12F3N3O. The molecule has 0 bridgehead atoms. The van der Waals surface area contributed by atoms with Crippen LogP contribution in [-0.2, 0) is 0 Å². The molecule has 0 radical (unpaired) electrons. The van der Waals surface area contributed by atoms with Gasteiger partial charge in [0.25, 0.3) is 0 Å². The molecule has 16 heavy (non-hydrogen) atoms. The third kappa shape index (κ3) is 1.87. The maximum absolute atomic E-state index is 12.6. The molecule has 2 rings (SSSR count). The van der Waals surface area contributed by atoms with E-state index in [1.807, 2.05) is 0 Å². The van der Waals surface area contributed by atoms with Crippen molar-refractivity contribution in [2.45, 2.75) is 31.1 Å². The molecule has 0 aromatic carbocycles. The minimum absolute atomic E-state index is 0.0698. The second-order valence-corrected chi connectivity index (χ2v) is 3.92. The average molecular weight is 235 g/mol. The summed E-state index contributed by atoms with van der Waals surface area (Å²) in [6, 6.07) is -1.86. The lowest BCUT2D eigenvalue weighted by Gasteiger charge is -2.18. The number of halogens is 3. The topological polar surface area (TPSA) is 52.9 Å². The smallest absolute Gasteiger partial charge is 0.328 e. The molecule has 1 saturated carbocycles. The van der Waals surface area contributed by atoms with Crippen LogP contribution in [0.15, 0.2) is 17.2 Å². The lowest BCUT2D eigenvalue weighted by Crippen LogP contribution is -2.39. The zero-order valence-corrected chi connectivity index (χ0v) is 8.44. The summed E-state index contributed by atoms with van der Waals surface area (Å²) in [6.45, 7) is -0.627. The highest BCUT2D eigenvalue weighted by Gasteiger charge is 2.41. The van der Waals surface area contributed by atoms with Gasteiger partial charge in [0.1, 0.15) is 6.04 Å². The average Bonchev–Trinajstić information content (AvgIpc) is 2.93. The number of nitrogens with zero attached hydrogens (tertiary/aromatic N) is 2. The Morgan fingerprint density at radius 3 is 2.50 bits per heavy atom. The van der Waals surface area contributed by atoms with E-state index in [2.05, 4.69) is 0 Å². The van der Waals surface area contributed by atoms with Crippen LogP contribution in [0.5, 0.6) is 0 Å². The molecule has 0 amide bonds. The lowest BCUT2D eigenvalue weighted by atomic mass is 10.3. The molecule has 1 heterocycles. The van der Waals surface area contributed by atoms with E-state index in [1.165, 1.54) is 10.8 Å². The van der Waals surface area contributed by atoms with Crippen LogP contribution in [0.4, 0.5) is 13.2 Å². The first-order valence-corrected chi connectivity index (χ1v) is 5.01. The van der Waals surface area contributed by atoms with Gasteiger partial charge in [0.2, 0.25) is 0 Å². The van der Waals surface area contributed by atoms with Crippen LogP contribution in [0, 0.1) is 0 Å². The zero-order chi connectivity index (χ0) is 11.9. The minimum atomic E-state index is -4.49. The van der Waals surface area contributed by atoms with Gasteiger partial charge >= 0.3 is 11.9 Å². The summed E-state index contributed by atoms with van der Waals surface area (Å²) in [5.41, 5.74) is 4.44. The molecule has 1 aliphatic rings. The van der Waals surface area contributed by atoms with Crippen LogP contribution in [-0.4, -0.2) is 21.9 Å². The molecule has 0 spiro atoms. The summed E-state index contributed by atoms with van der Waals surface area (Å²) >= 11 is 0. The van der Waals surface area contributed by atoms with Crippen molar-refractivity contribution >= 4 is 0 Å². The third-order valence-corrected chi connectivity index (χ3v) is 2.71. The predicted molar refractivity (Wildman–Crippen MR) is 51.1 cm³/mol. The van der Waals surface area contributed by atoms with Crippen molar-refractivity contribution in [3.05, 3.63) is 22.9 Å². The van der Waals surface area contributed by atoms with Crippen molar-refractivity contribution in [2.24, 2.45) is 5.73 Å². The van der Waals surface area contributed by atoms with Crippen LogP contribution < -0.4 is 11.4 Å². The van der Waals surface area contributed by atoms with Crippen LogP contribution in [0.1, 0.15) is 24.9 Å². The minimum Gasteiger partial charge on any atom is -0.328 e. The Morgan fingerprint density at radius 1 is 1.44 bits per heavy atom. The maximum Gasteiger partial charge on any atom is 0.410 e. The first kappa shape index (κ1) is 11.3. The van der Waals surface area contributed by atoms with E-state index < -0.39 is 24.5 Å². The van der Waals surface area contributed by atoms with Crippen molar-refractivity contribution in [1.82, 2.24) is 9.13 Å². The second-order valence-electron chi connectivity index (χ2n) is 3.92. The highest BCUT2D eigenvalue weighted by Crippen LogP contribution is 2.34. The van der Waals surface area contributed by atoms with Crippen molar-refractivity contribution < 1.29 is 13.2 Å². The van der Waals surface area contributed by atoms with E-state index in [9.17, 15) is 18.0 Å². The number of hydrogen-bond donors (Lipinski definition) is 1. The number of hydrogen-bond acceptors (Lipinski definition) is 2. The van der Waals surface area contributed by atoms with Gasteiger partial charge in [0, 0.05) is 25.0 Å². The van der Waals surface area contributed by atoms with Gasteiger partial charge in [-0.2, -0.15) is 13.2 Å². The summed E-state index contributed by atoms with van der Waals surface area (Å²) < 4.78 is 39.7. The van der Waals surface area contributed by atoms with Crippen molar-refractivity contribution in [3.63, 3.8) is 0 Å². The SMILES string of the molecule is NCC(n1ccn(C2CC2)c1=O)C(F)(F)F. The van der Waals surface area contributed by atoms with Gasteiger partial charge in [0.15, 0.2) is 0 Å². The Labute approximate surface area is 89.5 Å². The molecule has 1 aliphatic carbocycles. The molecule has 7 heteroatoms. The van der Waals surface area contributed by atoms with Crippen LogP contribution >= 0.6 is 0 Å². The highest BCUT2D eigenvalue weighted by atomic mass is 19.4. The van der Waals surface area contributed by atoms with E-state index >= 15 is 0 Å². The molecule has 1 aromatic rings. The highest BCUT2D eigenvalue weighted by molar-refractivity contribution is 4.94. The second kappa shape index (κ2) is 3.65. The fourth-order valence-electron chi connectivity index (χ4n) is 1.68. The van der Waals surface area contributed by atoms with Gasteiger partial charge in [-0.3, -0.25) is 9.13 Å². The van der Waals surface area contributed by atoms with E-state index in [4.69, 9.17) is 5.73 Å². The standard InChI is InChI=1S/C9H12F3N3O/c10-9(11,12)7(5-13)15-4-3-14(8(15)16)6-1-2-6/h3-4,6-7H,1-2,5,13H2. The van der Waals surface area contributed by atoms with Crippen molar-refractivity contribution in [1.29, 1.82) is 0 Å². The summed E-state index contributed by atoms with van der Waals surface area (Å²) in [4.78, 5) is 11.7. The van der Waals surface area contributed by atoms with Gasteiger partial charge in [-0.1, -0.05) is 0 Å². The molecule has 0 aliphatic heterocycles. The van der Waals surface area contributed by atoms with Crippen molar-refractivity contribution in [2.75, 3.05) is 6.54 Å². The van der Waals surface area contributed by atoms with Gasteiger partial charge in [-0.25, -0.2) is 4.79 Å².